The van der Waals surface area contributed by atoms with Gasteiger partial charge >= 0.3 is 0 Å². The number of nitrogen functional groups attached to an aromatic ring is 1. The van der Waals surface area contributed by atoms with Crippen LogP contribution in [-0.2, 0) is 0 Å². The minimum Gasteiger partial charge on any atom is -0.398 e. The molecule has 1 saturated carbocycles. The summed E-state index contributed by atoms with van der Waals surface area (Å²) in [6.07, 6.45) is 2.76. The van der Waals surface area contributed by atoms with Crippen LogP contribution >= 0.6 is 11.6 Å². The van der Waals surface area contributed by atoms with E-state index in [1.807, 2.05) is 4.90 Å². The first-order valence-corrected chi connectivity index (χ1v) is 7.58. The molecule has 0 aromatic heterocycles. The summed E-state index contributed by atoms with van der Waals surface area (Å²) in [6, 6.07) is 5.10. The highest BCUT2D eigenvalue weighted by Crippen LogP contribution is 2.30. The zero-order valence-electron chi connectivity index (χ0n) is 11.5. The molecule has 2 aliphatic rings. The van der Waals surface area contributed by atoms with Gasteiger partial charge in [0.25, 0.3) is 5.91 Å². The average molecular weight is 294 g/mol. The maximum Gasteiger partial charge on any atom is 0.254 e. The van der Waals surface area contributed by atoms with Gasteiger partial charge in [0.05, 0.1) is 10.7 Å². The largest absolute Gasteiger partial charge is 0.398 e. The number of hydrogen-bond donors (Lipinski definition) is 1. The van der Waals surface area contributed by atoms with Crippen molar-refractivity contribution in [1.82, 2.24) is 9.80 Å². The van der Waals surface area contributed by atoms with Crippen LogP contribution in [0.4, 0.5) is 5.69 Å². The predicted molar refractivity (Wildman–Crippen MR) is 80.9 cm³/mol. The van der Waals surface area contributed by atoms with Crippen LogP contribution in [0.25, 0.3) is 0 Å². The monoisotopic (exact) mass is 293 g/mol. The van der Waals surface area contributed by atoms with Gasteiger partial charge in [-0.3, -0.25) is 9.69 Å². The smallest absolute Gasteiger partial charge is 0.254 e. The fraction of sp³-hybridized carbons (Fsp3) is 0.533. The molecule has 1 amide bonds. The van der Waals surface area contributed by atoms with Gasteiger partial charge in [-0.05, 0) is 37.0 Å². The summed E-state index contributed by atoms with van der Waals surface area (Å²) < 4.78 is 0. The van der Waals surface area contributed by atoms with Gasteiger partial charge in [0.2, 0.25) is 0 Å². The number of rotatable bonds is 3. The van der Waals surface area contributed by atoms with Crippen LogP contribution < -0.4 is 5.73 Å². The van der Waals surface area contributed by atoms with Crippen LogP contribution in [0.1, 0.15) is 23.2 Å². The lowest BCUT2D eigenvalue weighted by Gasteiger charge is -2.34. The Kier molecular flexibility index (Phi) is 3.85. The zero-order valence-corrected chi connectivity index (χ0v) is 12.3. The molecule has 2 fully saturated rings. The van der Waals surface area contributed by atoms with Crippen molar-refractivity contribution in [2.45, 2.75) is 12.8 Å². The summed E-state index contributed by atoms with van der Waals surface area (Å²) in [5, 5.41) is 0.496. The summed E-state index contributed by atoms with van der Waals surface area (Å²) in [7, 11) is 0. The van der Waals surface area contributed by atoms with Crippen LogP contribution in [0.15, 0.2) is 18.2 Å². The minimum atomic E-state index is 0.0550. The molecule has 5 heteroatoms. The summed E-state index contributed by atoms with van der Waals surface area (Å²) >= 11 is 5.89. The van der Waals surface area contributed by atoms with E-state index in [1.54, 1.807) is 18.2 Å². The molecule has 3 rings (SSSR count). The number of piperazine rings is 1. The van der Waals surface area contributed by atoms with Crippen molar-refractivity contribution in [3.8, 4) is 0 Å². The number of carbonyl (C=O) groups is 1. The second-order valence-electron chi connectivity index (χ2n) is 5.77. The molecule has 1 saturated heterocycles. The highest BCUT2D eigenvalue weighted by molar-refractivity contribution is 6.33. The number of carbonyl (C=O) groups excluding carboxylic acids is 1. The number of hydrogen-bond acceptors (Lipinski definition) is 3. The second kappa shape index (κ2) is 5.62. The predicted octanol–water partition coefficient (Wildman–Crippen LogP) is 2.09. The Hall–Kier alpha value is -1.26. The molecular weight excluding hydrogens is 274 g/mol. The Morgan fingerprint density at radius 2 is 1.95 bits per heavy atom. The topological polar surface area (TPSA) is 49.6 Å². The first-order chi connectivity index (χ1) is 9.63. The Labute approximate surface area is 124 Å². The quantitative estimate of drug-likeness (QED) is 0.868. The van der Waals surface area contributed by atoms with Gasteiger partial charge in [-0.15, -0.1) is 0 Å². The molecule has 0 radical (unpaired) electrons. The van der Waals surface area contributed by atoms with E-state index in [2.05, 4.69) is 4.90 Å². The number of halogens is 1. The van der Waals surface area contributed by atoms with E-state index in [4.69, 9.17) is 17.3 Å². The number of benzene rings is 1. The van der Waals surface area contributed by atoms with Gasteiger partial charge in [-0.2, -0.15) is 0 Å². The summed E-state index contributed by atoms with van der Waals surface area (Å²) in [4.78, 5) is 16.8. The van der Waals surface area contributed by atoms with Gasteiger partial charge in [-0.1, -0.05) is 11.6 Å². The lowest BCUT2D eigenvalue weighted by molar-refractivity contribution is 0.0632. The van der Waals surface area contributed by atoms with Gasteiger partial charge in [-0.25, -0.2) is 0 Å². The van der Waals surface area contributed by atoms with Crippen LogP contribution in [-0.4, -0.2) is 48.4 Å². The molecule has 108 valence electrons. The number of nitrogens with zero attached hydrogens (tertiary/aromatic N) is 2. The molecule has 1 aromatic rings. The first-order valence-electron chi connectivity index (χ1n) is 7.20. The second-order valence-corrected chi connectivity index (χ2v) is 6.18. The fourth-order valence-corrected chi connectivity index (χ4v) is 2.78. The van der Waals surface area contributed by atoms with Crippen molar-refractivity contribution in [1.29, 1.82) is 0 Å². The van der Waals surface area contributed by atoms with Gasteiger partial charge in [0.15, 0.2) is 0 Å². The zero-order chi connectivity index (χ0) is 14.1. The van der Waals surface area contributed by atoms with Crippen molar-refractivity contribution in [3.05, 3.63) is 28.8 Å². The normalized spacial score (nSPS) is 20.1. The first kappa shape index (κ1) is 13.7. The highest BCUT2D eigenvalue weighted by Gasteiger charge is 2.27. The molecule has 0 spiro atoms. The van der Waals surface area contributed by atoms with Gasteiger partial charge in [0, 0.05) is 38.3 Å². The Morgan fingerprint density at radius 1 is 1.25 bits per heavy atom. The van der Waals surface area contributed by atoms with Crippen LogP contribution in [0, 0.1) is 5.92 Å². The van der Waals surface area contributed by atoms with Crippen molar-refractivity contribution in [3.63, 3.8) is 0 Å². The summed E-state index contributed by atoms with van der Waals surface area (Å²) in [5.74, 6) is 0.966. The third-order valence-corrected chi connectivity index (χ3v) is 4.46. The number of amides is 1. The van der Waals surface area contributed by atoms with Crippen molar-refractivity contribution in [2.24, 2.45) is 5.92 Å². The molecule has 1 aliphatic heterocycles. The third-order valence-electron chi connectivity index (χ3n) is 4.12. The maximum atomic E-state index is 12.4. The molecule has 1 aliphatic carbocycles. The molecule has 4 nitrogen and oxygen atoms in total. The Balaban J connectivity index is 1.58. The molecule has 0 unspecified atom stereocenters. The molecule has 0 bridgehead atoms. The van der Waals surface area contributed by atoms with E-state index >= 15 is 0 Å². The molecule has 20 heavy (non-hydrogen) atoms. The molecular formula is C15H20ClN3O. The lowest BCUT2D eigenvalue weighted by Crippen LogP contribution is -2.49. The highest BCUT2D eigenvalue weighted by atomic mass is 35.5. The molecule has 1 heterocycles. The minimum absolute atomic E-state index is 0.0550. The van der Waals surface area contributed by atoms with Crippen LogP contribution in [0.3, 0.4) is 0 Å². The van der Waals surface area contributed by atoms with E-state index in [0.717, 1.165) is 32.1 Å². The summed E-state index contributed by atoms with van der Waals surface area (Å²) in [5.41, 5.74) is 6.85. The molecule has 1 aromatic carbocycles. The SMILES string of the molecule is Nc1cc(C(=O)N2CCN(CC3CC3)CC2)ccc1Cl. The van der Waals surface area contributed by atoms with Gasteiger partial charge in [0.1, 0.15) is 0 Å². The van der Waals surface area contributed by atoms with Crippen LogP contribution in [0.5, 0.6) is 0 Å². The summed E-state index contributed by atoms with van der Waals surface area (Å²) in [6.45, 7) is 4.76. The van der Waals surface area contributed by atoms with E-state index in [0.29, 0.717) is 16.3 Å². The average Bonchev–Trinajstić information content (AvgIpc) is 3.26. The van der Waals surface area contributed by atoms with Gasteiger partial charge < -0.3 is 10.6 Å². The van der Waals surface area contributed by atoms with E-state index in [-0.39, 0.29) is 5.91 Å². The molecule has 0 atom stereocenters. The maximum absolute atomic E-state index is 12.4. The Morgan fingerprint density at radius 3 is 2.55 bits per heavy atom. The van der Waals surface area contributed by atoms with E-state index < -0.39 is 0 Å². The molecule has 2 N–H and O–H groups in total. The fourth-order valence-electron chi connectivity index (χ4n) is 2.66. The van der Waals surface area contributed by atoms with Crippen LogP contribution in [0.2, 0.25) is 5.02 Å². The van der Waals surface area contributed by atoms with Crippen molar-refractivity contribution >= 4 is 23.2 Å². The van der Waals surface area contributed by atoms with E-state index in [1.165, 1.54) is 19.4 Å². The standard InChI is InChI=1S/C15H20ClN3O/c16-13-4-3-12(9-14(13)17)15(20)19-7-5-18(6-8-19)10-11-1-2-11/h3-4,9,11H,1-2,5-8,10,17H2. The Bertz CT molecular complexity index is 508. The third kappa shape index (κ3) is 3.07. The van der Waals surface area contributed by atoms with Crippen molar-refractivity contribution < 1.29 is 4.79 Å². The number of anilines is 1. The van der Waals surface area contributed by atoms with Crippen molar-refractivity contribution in [2.75, 3.05) is 38.5 Å². The lowest BCUT2D eigenvalue weighted by atomic mass is 10.1. The number of nitrogens with two attached hydrogens (primary N) is 1. The van der Waals surface area contributed by atoms with E-state index in [9.17, 15) is 4.79 Å².